The monoisotopic (exact) mass is 377 g/mol. The van der Waals surface area contributed by atoms with Crippen LogP contribution >= 0.6 is 0 Å². The maximum atomic E-state index is 13.1. The highest BCUT2D eigenvalue weighted by Crippen LogP contribution is 2.33. The largest absolute Gasteiger partial charge is 0.497 e. The number of ether oxygens (including phenoxy) is 2. The highest BCUT2D eigenvalue weighted by Gasteiger charge is 2.25. The molecule has 2 heterocycles. The van der Waals surface area contributed by atoms with Crippen molar-refractivity contribution in [2.24, 2.45) is 7.05 Å². The first-order valence-electron chi connectivity index (χ1n) is 9.23. The number of methoxy groups -OCH3 is 2. The van der Waals surface area contributed by atoms with Crippen LogP contribution in [-0.2, 0) is 20.0 Å². The molecule has 28 heavy (non-hydrogen) atoms. The number of amides is 1. The number of aromatic nitrogens is 2. The van der Waals surface area contributed by atoms with Gasteiger partial charge in [-0.25, -0.2) is 0 Å². The minimum Gasteiger partial charge on any atom is -0.497 e. The summed E-state index contributed by atoms with van der Waals surface area (Å²) in [6.45, 7) is 1.34. The van der Waals surface area contributed by atoms with Crippen LogP contribution in [0, 0.1) is 0 Å². The van der Waals surface area contributed by atoms with Gasteiger partial charge in [0.05, 0.1) is 19.9 Å². The fraction of sp³-hybridized carbons (Fsp3) is 0.273. The molecule has 6 heteroatoms. The van der Waals surface area contributed by atoms with Crippen molar-refractivity contribution in [2.45, 2.75) is 13.0 Å². The van der Waals surface area contributed by atoms with Crippen molar-refractivity contribution in [3.05, 3.63) is 65.4 Å². The van der Waals surface area contributed by atoms with E-state index in [0.717, 1.165) is 12.0 Å². The lowest BCUT2D eigenvalue weighted by Gasteiger charge is -2.28. The van der Waals surface area contributed by atoms with E-state index < -0.39 is 0 Å². The summed E-state index contributed by atoms with van der Waals surface area (Å²) in [5, 5.41) is 4.55. The van der Waals surface area contributed by atoms with Gasteiger partial charge in [-0.15, -0.1) is 0 Å². The summed E-state index contributed by atoms with van der Waals surface area (Å²) in [5.41, 5.74) is 4.61. The third-order valence-corrected chi connectivity index (χ3v) is 5.20. The number of nitrogens with zero attached hydrogens (tertiary/aromatic N) is 3. The fourth-order valence-electron chi connectivity index (χ4n) is 3.64. The van der Waals surface area contributed by atoms with E-state index in [2.05, 4.69) is 17.2 Å². The summed E-state index contributed by atoms with van der Waals surface area (Å²) in [6, 6.07) is 15.7. The van der Waals surface area contributed by atoms with Crippen molar-refractivity contribution in [3.8, 4) is 22.8 Å². The van der Waals surface area contributed by atoms with Gasteiger partial charge in [0.15, 0.2) is 0 Å². The predicted molar refractivity (Wildman–Crippen MR) is 107 cm³/mol. The van der Waals surface area contributed by atoms with Gasteiger partial charge in [-0.1, -0.05) is 24.3 Å². The maximum Gasteiger partial charge on any atom is 0.272 e. The van der Waals surface area contributed by atoms with Crippen molar-refractivity contribution < 1.29 is 14.3 Å². The van der Waals surface area contributed by atoms with Crippen molar-refractivity contribution in [1.29, 1.82) is 0 Å². The highest BCUT2D eigenvalue weighted by atomic mass is 16.5. The third kappa shape index (κ3) is 3.22. The SMILES string of the molecule is COc1ccc(-c2cc(C(=O)N3CCc4ccccc4C3)n(C)n2)c(OC)c1. The molecule has 0 aliphatic carbocycles. The van der Waals surface area contributed by atoms with Crippen LogP contribution in [0.2, 0.25) is 0 Å². The molecule has 1 aliphatic rings. The summed E-state index contributed by atoms with van der Waals surface area (Å²) >= 11 is 0. The number of hydrogen-bond acceptors (Lipinski definition) is 4. The van der Waals surface area contributed by atoms with Gasteiger partial charge in [-0.2, -0.15) is 5.10 Å². The lowest BCUT2D eigenvalue weighted by molar-refractivity contribution is 0.0723. The van der Waals surface area contributed by atoms with E-state index in [1.807, 2.05) is 41.3 Å². The molecule has 1 amide bonds. The first-order chi connectivity index (χ1) is 13.6. The van der Waals surface area contributed by atoms with Gasteiger partial charge in [0.1, 0.15) is 17.2 Å². The molecular formula is C22H23N3O3. The summed E-state index contributed by atoms with van der Waals surface area (Å²) < 4.78 is 12.4. The third-order valence-electron chi connectivity index (χ3n) is 5.20. The Morgan fingerprint density at radius 3 is 2.57 bits per heavy atom. The molecule has 6 nitrogen and oxygen atoms in total. The fourth-order valence-corrected chi connectivity index (χ4v) is 3.64. The van der Waals surface area contributed by atoms with Gasteiger partial charge >= 0.3 is 0 Å². The minimum atomic E-state index is -0.0109. The molecule has 0 radical (unpaired) electrons. The standard InChI is InChI=1S/C22H23N3O3/c1-24-20(22(26)25-11-10-15-6-4-5-7-16(15)14-25)13-19(23-24)18-9-8-17(27-2)12-21(18)28-3/h4-9,12-13H,10-11,14H2,1-3H3. The van der Waals surface area contributed by atoms with Crippen LogP contribution < -0.4 is 9.47 Å². The van der Waals surface area contributed by atoms with Gasteiger partial charge < -0.3 is 14.4 Å². The Labute approximate surface area is 164 Å². The average Bonchev–Trinajstić information content (AvgIpc) is 3.13. The molecule has 0 atom stereocenters. The van der Waals surface area contributed by atoms with Gasteiger partial charge in [0.25, 0.3) is 5.91 Å². The highest BCUT2D eigenvalue weighted by molar-refractivity contribution is 5.94. The quantitative estimate of drug-likeness (QED) is 0.700. The molecule has 0 saturated heterocycles. The molecule has 0 fully saturated rings. The summed E-state index contributed by atoms with van der Waals surface area (Å²) in [6.07, 6.45) is 0.874. The Morgan fingerprint density at radius 1 is 1.04 bits per heavy atom. The summed E-state index contributed by atoms with van der Waals surface area (Å²) in [5.74, 6) is 1.35. The maximum absolute atomic E-state index is 13.1. The van der Waals surface area contributed by atoms with E-state index in [1.54, 1.807) is 25.9 Å². The first kappa shape index (κ1) is 18.1. The van der Waals surface area contributed by atoms with Crippen molar-refractivity contribution in [1.82, 2.24) is 14.7 Å². The van der Waals surface area contributed by atoms with E-state index in [0.29, 0.717) is 36.0 Å². The molecule has 0 N–H and O–H groups in total. The normalized spacial score (nSPS) is 13.2. The van der Waals surface area contributed by atoms with Crippen LogP contribution in [0.25, 0.3) is 11.3 Å². The number of carbonyl (C=O) groups is 1. The molecule has 3 aromatic rings. The Morgan fingerprint density at radius 2 is 1.82 bits per heavy atom. The average molecular weight is 377 g/mol. The van der Waals surface area contributed by atoms with Crippen LogP contribution in [-0.4, -0.2) is 41.4 Å². The molecule has 1 aliphatic heterocycles. The topological polar surface area (TPSA) is 56.6 Å². The second kappa shape index (κ2) is 7.38. The smallest absolute Gasteiger partial charge is 0.272 e. The summed E-state index contributed by atoms with van der Waals surface area (Å²) in [4.78, 5) is 15.0. The zero-order chi connectivity index (χ0) is 19.7. The molecule has 0 saturated carbocycles. The zero-order valence-electron chi connectivity index (χ0n) is 16.3. The van der Waals surface area contributed by atoms with E-state index in [-0.39, 0.29) is 5.91 Å². The van der Waals surface area contributed by atoms with Crippen LogP contribution in [0.3, 0.4) is 0 Å². The molecule has 144 valence electrons. The van der Waals surface area contributed by atoms with Crippen LogP contribution in [0.4, 0.5) is 0 Å². The van der Waals surface area contributed by atoms with Gasteiger partial charge in [-0.05, 0) is 35.7 Å². The number of benzene rings is 2. The molecule has 4 rings (SSSR count). The lowest BCUT2D eigenvalue weighted by Crippen LogP contribution is -2.36. The molecule has 0 spiro atoms. The predicted octanol–water partition coefficient (Wildman–Crippen LogP) is 3.30. The van der Waals surface area contributed by atoms with Crippen molar-refractivity contribution in [3.63, 3.8) is 0 Å². The Hall–Kier alpha value is -3.28. The van der Waals surface area contributed by atoms with Crippen LogP contribution in [0.1, 0.15) is 21.6 Å². The number of hydrogen-bond donors (Lipinski definition) is 0. The molecule has 0 unspecified atom stereocenters. The van der Waals surface area contributed by atoms with Crippen LogP contribution in [0.5, 0.6) is 11.5 Å². The number of carbonyl (C=O) groups excluding carboxylic acids is 1. The van der Waals surface area contributed by atoms with Crippen molar-refractivity contribution in [2.75, 3.05) is 20.8 Å². The van der Waals surface area contributed by atoms with E-state index in [9.17, 15) is 4.79 Å². The Bertz CT molecular complexity index is 1030. The second-order valence-corrected chi connectivity index (χ2v) is 6.85. The van der Waals surface area contributed by atoms with Gasteiger partial charge in [-0.3, -0.25) is 9.48 Å². The van der Waals surface area contributed by atoms with Gasteiger partial charge in [0.2, 0.25) is 0 Å². The second-order valence-electron chi connectivity index (χ2n) is 6.85. The Balaban J connectivity index is 1.63. The van der Waals surface area contributed by atoms with E-state index in [4.69, 9.17) is 9.47 Å². The van der Waals surface area contributed by atoms with Crippen molar-refractivity contribution >= 4 is 5.91 Å². The Kier molecular flexibility index (Phi) is 4.77. The lowest BCUT2D eigenvalue weighted by atomic mass is 10.00. The van der Waals surface area contributed by atoms with E-state index >= 15 is 0 Å². The molecular weight excluding hydrogens is 354 g/mol. The minimum absolute atomic E-state index is 0.0109. The zero-order valence-corrected chi connectivity index (χ0v) is 16.3. The van der Waals surface area contributed by atoms with E-state index in [1.165, 1.54) is 11.1 Å². The first-order valence-corrected chi connectivity index (χ1v) is 9.23. The van der Waals surface area contributed by atoms with Gasteiger partial charge in [0, 0.05) is 31.8 Å². The number of aryl methyl sites for hydroxylation is 1. The molecule has 1 aromatic heterocycles. The molecule has 0 bridgehead atoms. The van der Waals surface area contributed by atoms with Crippen LogP contribution in [0.15, 0.2) is 48.5 Å². The number of rotatable bonds is 4. The summed E-state index contributed by atoms with van der Waals surface area (Å²) in [7, 11) is 5.02. The number of fused-ring (bicyclic) bond motifs is 1. The molecule has 2 aromatic carbocycles.